The zero-order chi connectivity index (χ0) is 19.4. The standard InChI is InChI=1S/C19H17ClFNO5/c1-11(27-18(23)10-13-14(20)3-2-4-15(13)21)19(24)22-12-5-6-16-17(9-12)26-8-7-25-16/h2-6,9,11H,7-8,10H2,1H3,(H,22,24). The first-order valence-electron chi connectivity index (χ1n) is 8.27. The molecule has 2 aromatic rings. The third-order valence-corrected chi connectivity index (χ3v) is 4.22. The maximum atomic E-state index is 13.7. The molecule has 1 unspecified atom stereocenters. The summed E-state index contributed by atoms with van der Waals surface area (Å²) in [5.74, 6) is -0.766. The quantitative estimate of drug-likeness (QED) is 0.788. The molecule has 6 nitrogen and oxygen atoms in total. The van der Waals surface area contributed by atoms with E-state index in [1.807, 2.05) is 0 Å². The van der Waals surface area contributed by atoms with E-state index in [4.69, 9.17) is 25.8 Å². The van der Waals surface area contributed by atoms with Crippen molar-refractivity contribution in [1.82, 2.24) is 0 Å². The van der Waals surface area contributed by atoms with Gasteiger partial charge in [-0.25, -0.2) is 4.39 Å². The van der Waals surface area contributed by atoms with Crippen molar-refractivity contribution in [3.8, 4) is 11.5 Å². The van der Waals surface area contributed by atoms with Crippen LogP contribution >= 0.6 is 11.6 Å². The largest absolute Gasteiger partial charge is 0.486 e. The molecule has 1 heterocycles. The van der Waals surface area contributed by atoms with Crippen molar-refractivity contribution in [3.63, 3.8) is 0 Å². The van der Waals surface area contributed by atoms with Crippen molar-refractivity contribution in [2.75, 3.05) is 18.5 Å². The van der Waals surface area contributed by atoms with Gasteiger partial charge in [-0.15, -0.1) is 0 Å². The number of fused-ring (bicyclic) bond motifs is 1. The summed E-state index contributed by atoms with van der Waals surface area (Å²) in [4.78, 5) is 24.3. The number of amides is 1. The smallest absolute Gasteiger partial charge is 0.311 e. The van der Waals surface area contributed by atoms with Gasteiger partial charge in [0.25, 0.3) is 5.91 Å². The average molecular weight is 394 g/mol. The lowest BCUT2D eigenvalue weighted by Crippen LogP contribution is -2.30. The van der Waals surface area contributed by atoms with Gasteiger partial charge in [-0.3, -0.25) is 9.59 Å². The Balaban J connectivity index is 1.58. The number of benzene rings is 2. The number of carbonyl (C=O) groups excluding carboxylic acids is 2. The highest BCUT2D eigenvalue weighted by Gasteiger charge is 2.21. The number of halogens is 2. The van der Waals surface area contributed by atoms with Gasteiger partial charge in [0.05, 0.1) is 6.42 Å². The second kappa shape index (κ2) is 8.26. The Morgan fingerprint density at radius 3 is 2.70 bits per heavy atom. The zero-order valence-electron chi connectivity index (χ0n) is 14.5. The molecule has 1 N–H and O–H groups in total. The van der Waals surface area contributed by atoms with Crippen molar-refractivity contribution >= 4 is 29.2 Å². The van der Waals surface area contributed by atoms with Crippen LogP contribution in [0.2, 0.25) is 5.02 Å². The van der Waals surface area contributed by atoms with E-state index >= 15 is 0 Å². The molecule has 0 bridgehead atoms. The number of nitrogens with one attached hydrogen (secondary N) is 1. The Bertz CT molecular complexity index is 853. The number of esters is 1. The molecule has 0 saturated heterocycles. The summed E-state index contributed by atoms with van der Waals surface area (Å²) in [5.41, 5.74) is 0.507. The van der Waals surface area contributed by atoms with Gasteiger partial charge >= 0.3 is 5.97 Å². The number of anilines is 1. The van der Waals surface area contributed by atoms with Crippen LogP contribution in [0.4, 0.5) is 10.1 Å². The lowest BCUT2D eigenvalue weighted by atomic mass is 10.1. The van der Waals surface area contributed by atoms with Gasteiger partial charge in [0.15, 0.2) is 17.6 Å². The Morgan fingerprint density at radius 2 is 1.96 bits per heavy atom. The predicted molar refractivity (Wildman–Crippen MR) is 96.7 cm³/mol. The average Bonchev–Trinajstić information content (AvgIpc) is 2.64. The summed E-state index contributed by atoms with van der Waals surface area (Å²) in [6.07, 6.45) is -1.44. The Hall–Kier alpha value is -2.80. The lowest BCUT2D eigenvalue weighted by molar-refractivity contribution is -0.152. The fourth-order valence-corrected chi connectivity index (χ4v) is 2.73. The summed E-state index contributed by atoms with van der Waals surface area (Å²) >= 11 is 5.89. The fraction of sp³-hybridized carbons (Fsp3) is 0.263. The van der Waals surface area contributed by atoms with Crippen LogP contribution in [0.25, 0.3) is 0 Å². The second-order valence-corrected chi connectivity index (χ2v) is 6.26. The van der Waals surface area contributed by atoms with Crippen LogP contribution < -0.4 is 14.8 Å². The molecule has 1 amide bonds. The van der Waals surface area contributed by atoms with Crippen LogP contribution in [0.3, 0.4) is 0 Å². The lowest BCUT2D eigenvalue weighted by Gasteiger charge is -2.19. The van der Waals surface area contributed by atoms with Crippen LogP contribution in [0, 0.1) is 5.82 Å². The third kappa shape index (κ3) is 4.68. The number of hydrogen-bond acceptors (Lipinski definition) is 5. The molecule has 142 valence electrons. The molecule has 0 radical (unpaired) electrons. The van der Waals surface area contributed by atoms with Crippen LogP contribution in [-0.2, 0) is 20.7 Å². The number of ether oxygens (including phenoxy) is 3. The molecular weight excluding hydrogens is 377 g/mol. The van der Waals surface area contributed by atoms with Gasteiger partial charge in [0.2, 0.25) is 0 Å². The number of rotatable bonds is 5. The van der Waals surface area contributed by atoms with Crippen molar-refractivity contribution in [2.45, 2.75) is 19.4 Å². The second-order valence-electron chi connectivity index (χ2n) is 5.86. The molecule has 1 atom stereocenters. The van der Waals surface area contributed by atoms with Crippen molar-refractivity contribution in [1.29, 1.82) is 0 Å². The normalized spacial score (nSPS) is 13.6. The van der Waals surface area contributed by atoms with Gasteiger partial charge < -0.3 is 19.5 Å². The summed E-state index contributed by atoms with van der Waals surface area (Å²) in [7, 11) is 0. The molecule has 3 rings (SSSR count). The molecule has 0 aliphatic carbocycles. The topological polar surface area (TPSA) is 73.9 Å². The van der Waals surface area contributed by atoms with E-state index in [2.05, 4.69) is 5.32 Å². The molecule has 2 aromatic carbocycles. The van der Waals surface area contributed by atoms with Crippen molar-refractivity contribution in [3.05, 3.63) is 52.8 Å². The molecule has 0 fully saturated rings. The summed E-state index contributed by atoms with van der Waals surface area (Å²) in [6, 6.07) is 9.08. The molecule has 0 aromatic heterocycles. The molecule has 1 aliphatic rings. The monoisotopic (exact) mass is 393 g/mol. The van der Waals surface area contributed by atoms with Gasteiger partial charge in [0.1, 0.15) is 19.0 Å². The Kier molecular flexibility index (Phi) is 5.81. The van der Waals surface area contributed by atoms with Crippen LogP contribution in [-0.4, -0.2) is 31.2 Å². The van der Waals surface area contributed by atoms with E-state index < -0.39 is 23.8 Å². The Labute approximate surface area is 160 Å². The summed E-state index contributed by atoms with van der Waals surface area (Å²) in [5, 5.41) is 2.76. The first-order chi connectivity index (χ1) is 12.9. The van der Waals surface area contributed by atoms with Crippen molar-refractivity contribution in [2.24, 2.45) is 0 Å². The van der Waals surface area contributed by atoms with Gasteiger partial charge in [0, 0.05) is 22.3 Å². The Morgan fingerprint density at radius 1 is 1.22 bits per heavy atom. The molecule has 0 saturated carbocycles. The molecule has 27 heavy (non-hydrogen) atoms. The summed E-state index contributed by atoms with van der Waals surface area (Å²) < 4.78 is 29.7. The highest BCUT2D eigenvalue weighted by molar-refractivity contribution is 6.31. The van der Waals surface area contributed by atoms with Crippen LogP contribution in [0.5, 0.6) is 11.5 Å². The van der Waals surface area contributed by atoms with E-state index in [0.29, 0.717) is 30.4 Å². The minimum atomic E-state index is -1.07. The first kappa shape index (κ1) is 19.0. The molecular formula is C19H17ClFNO5. The molecule has 1 aliphatic heterocycles. The fourth-order valence-electron chi connectivity index (χ4n) is 2.50. The van der Waals surface area contributed by atoms with Crippen LogP contribution in [0.15, 0.2) is 36.4 Å². The van der Waals surface area contributed by atoms with Crippen LogP contribution in [0.1, 0.15) is 12.5 Å². The van der Waals surface area contributed by atoms with E-state index in [1.54, 1.807) is 18.2 Å². The number of hydrogen-bond donors (Lipinski definition) is 1. The van der Waals surface area contributed by atoms with E-state index in [1.165, 1.54) is 25.1 Å². The highest BCUT2D eigenvalue weighted by Crippen LogP contribution is 2.32. The van der Waals surface area contributed by atoms with E-state index in [-0.39, 0.29) is 17.0 Å². The predicted octanol–water partition coefficient (Wildman–Crippen LogP) is 3.36. The van der Waals surface area contributed by atoms with E-state index in [9.17, 15) is 14.0 Å². The maximum absolute atomic E-state index is 13.7. The van der Waals surface area contributed by atoms with E-state index in [0.717, 1.165) is 0 Å². The van der Waals surface area contributed by atoms with Crippen molar-refractivity contribution < 1.29 is 28.2 Å². The minimum Gasteiger partial charge on any atom is -0.486 e. The summed E-state index contributed by atoms with van der Waals surface area (Å²) in [6.45, 7) is 2.32. The van der Waals surface area contributed by atoms with Gasteiger partial charge in [-0.2, -0.15) is 0 Å². The van der Waals surface area contributed by atoms with Gasteiger partial charge in [-0.05, 0) is 31.2 Å². The minimum absolute atomic E-state index is 0.0311. The SMILES string of the molecule is CC(OC(=O)Cc1c(F)cccc1Cl)C(=O)Nc1ccc2c(c1)OCCO2. The van der Waals surface area contributed by atoms with Gasteiger partial charge in [-0.1, -0.05) is 17.7 Å². The molecule has 8 heteroatoms. The molecule has 0 spiro atoms. The number of carbonyl (C=O) groups is 2. The highest BCUT2D eigenvalue weighted by atomic mass is 35.5. The zero-order valence-corrected chi connectivity index (χ0v) is 15.2. The first-order valence-corrected chi connectivity index (χ1v) is 8.64. The third-order valence-electron chi connectivity index (χ3n) is 3.87. The maximum Gasteiger partial charge on any atom is 0.311 e.